The Labute approximate surface area is 143 Å². The molecule has 0 spiro atoms. The van der Waals surface area contributed by atoms with Crippen molar-refractivity contribution in [3.8, 4) is 5.75 Å². The SMILES string of the molecule is COc1ccc(NC(=O)c2cccc(Cl)c2Cl)cc1S(N)(=O)=O. The van der Waals surface area contributed by atoms with Crippen LogP contribution in [-0.2, 0) is 10.0 Å². The van der Waals surface area contributed by atoms with E-state index in [1.54, 1.807) is 12.1 Å². The second kappa shape index (κ2) is 6.76. The van der Waals surface area contributed by atoms with Crippen LogP contribution >= 0.6 is 23.2 Å². The molecular formula is C14H12Cl2N2O4S. The number of benzene rings is 2. The minimum Gasteiger partial charge on any atom is -0.495 e. The molecule has 0 atom stereocenters. The first-order chi connectivity index (χ1) is 10.7. The monoisotopic (exact) mass is 374 g/mol. The molecule has 0 saturated heterocycles. The maximum absolute atomic E-state index is 12.2. The number of amides is 1. The van der Waals surface area contributed by atoms with E-state index in [9.17, 15) is 13.2 Å². The number of hydrogen-bond acceptors (Lipinski definition) is 4. The second-order valence-corrected chi connectivity index (χ2v) is 6.78. The fourth-order valence-electron chi connectivity index (χ4n) is 1.85. The van der Waals surface area contributed by atoms with Crippen LogP contribution in [0.15, 0.2) is 41.3 Å². The average molecular weight is 375 g/mol. The summed E-state index contributed by atoms with van der Waals surface area (Å²) in [5, 5.41) is 8.00. The van der Waals surface area contributed by atoms with Gasteiger partial charge in [0.25, 0.3) is 5.91 Å². The number of ether oxygens (including phenoxy) is 1. The quantitative estimate of drug-likeness (QED) is 0.859. The van der Waals surface area contributed by atoms with Gasteiger partial charge in [0.2, 0.25) is 10.0 Å². The van der Waals surface area contributed by atoms with Crippen molar-refractivity contribution in [3.05, 3.63) is 52.0 Å². The van der Waals surface area contributed by atoms with Gasteiger partial charge in [-0.2, -0.15) is 0 Å². The zero-order valence-electron chi connectivity index (χ0n) is 11.8. The first-order valence-electron chi connectivity index (χ1n) is 6.20. The average Bonchev–Trinajstić information content (AvgIpc) is 2.49. The van der Waals surface area contributed by atoms with Crippen molar-refractivity contribution in [2.45, 2.75) is 4.90 Å². The fourth-order valence-corrected chi connectivity index (χ4v) is 2.96. The summed E-state index contributed by atoms with van der Waals surface area (Å²) in [7, 11) is -2.69. The molecule has 0 aliphatic heterocycles. The largest absolute Gasteiger partial charge is 0.495 e. The summed E-state index contributed by atoms with van der Waals surface area (Å²) in [6.07, 6.45) is 0. The zero-order chi connectivity index (χ0) is 17.2. The van der Waals surface area contributed by atoms with Crippen LogP contribution in [0.4, 0.5) is 5.69 Å². The van der Waals surface area contributed by atoms with Crippen molar-refractivity contribution < 1.29 is 17.9 Å². The van der Waals surface area contributed by atoms with Gasteiger partial charge in [-0.05, 0) is 30.3 Å². The summed E-state index contributed by atoms with van der Waals surface area (Å²) < 4.78 is 28.1. The van der Waals surface area contributed by atoms with Crippen LogP contribution in [0.1, 0.15) is 10.4 Å². The minimum atomic E-state index is -4.01. The number of primary sulfonamides is 1. The molecule has 122 valence electrons. The Kier molecular flexibility index (Phi) is 5.16. The molecule has 23 heavy (non-hydrogen) atoms. The zero-order valence-corrected chi connectivity index (χ0v) is 14.2. The number of sulfonamides is 1. The Morgan fingerprint density at radius 1 is 1.22 bits per heavy atom. The molecule has 0 fully saturated rings. The maximum Gasteiger partial charge on any atom is 0.257 e. The van der Waals surface area contributed by atoms with Crippen LogP contribution in [-0.4, -0.2) is 21.4 Å². The lowest BCUT2D eigenvalue weighted by atomic mass is 10.2. The molecule has 2 rings (SSSR count). The predicted octanol–water partition coefficient (Wildman–Crippen LogP) is 2.90. The number of hydrogen-bond donors (Lipinski definition) is 2. The normalized spacial score (nSPS) is 11.1. The minimum absolute atomic E-state index is 0.0753. The van der Waals surface area contributed by atoms with Crippen molar-refractivity contribution in [2.75, 3.05) is 12.4 Å². The predicted molar refractivity (Wildman–Crippen MR) is 88.8 cm³/mol. The van der Waals surface area contributed by atoms with Gasteiger partial charge in [-0.15, -0.1) is 0 Å². The molecule has 0 aromatic heterocycles. The molecule has 0 aliphatic carbocycles. The van der Waals surface area contributed by atoms with Crippen molar-refractivity contribution >= 4 is 44.8 Å². The van der Waals surface area contributed by atoms with E-state index in [1.807, 2.05) is 0 Å². The lowest BCUT2D eigenvalue weighted by molar-refractivity contribution is 0.102. The highest BCUT2D eigenvalue weighted by atomic mass is 35.5. The van der Waals surface area contributed by atoms with E-state index in [1.165, 1.54) is 31.4 Å². The second-order valence-electron chi connectivity index (χ2n) is 4.47. The van der Waals surface area contributed by atoms with E-state index in [-0.39, 0.29) is 31.9 Å². The number of nitrogens with two attached hydrogens (primary N) is 1. The number of halogens is 2. The standard InChI is InChI=1S/C14H12Cl2N2O4S/c1-22-11-6-5-8(7-12(11)23(17,20)21)18-14(19)9-3-2-4-10(15)13(9)16/h2-7H,1H3,(H,18,19)(H2,17,20,21). The summed E-state index contributed by atoms with van der Waals surface area (Å²) >= 11 is 11.8. The van der Waals surface area contributed by atoms with Crippen LogP contribution < -0.4 is 15.2 Å². The smallest absolute Gasteiger partial charge is 0.257 e. The van der Waals surface area contributed by atoms with Gasteiger partial charge in [0.1, 0.15) is 10.6 Å². The van der Waals surface area contributed by atoms with Crippen molar-refractivity contribution in [2.24, 2.45) is 5.14 Å². The number of anilines is 1. The molecule has 9 heteroatoms. The van der Waals surface area contributed by atoms with Gasteiger partial charge in [-0.1, -0.05) is 29.3 Å². The first kappa shape index (κ1) is 17.6. The third-order valence-electron chi connectivity index (χ3n) is 2.92. The first-order valence-corrected chi connectivity index (χ1v) is 8.50. The number of rotatable bonds is 4. The van der Waals surface area contributed by atoms with Crippen LogP contribution in [0.3, 0.4) is 0 Å². The molecule has 2 aromatic rings. The third-order valence-corrected chi connectivity index (χ3v) is 4.68. The van der Waals surface area contributed by atoms with Crippen LogP contribution in [0.25, 0.3) is 0 Å². The molecule has 1 amide bonds. The van der Waals surface area contributed by atoms with E-state index in [0.29, 0.717) is 0 Å². The Morgan fingerprint density at radius 3 is 2.52 bits per heavy atom. The van der Waals surface area contributed by atoms with Gasteiger partial charge in [-0.3, -0.25) is 4.79 Å². The van der Waals surface area contributed by atoms with Crippen LogP contribution in [0, 0.1) is 0 Å². The number of nitrogens with one attached hydrogen (secondary N) is 1. The Hall–Kier alpha value is -1.80. The number of carbonyl (C=O) groups is 1. The molecule has 0 radical (unpaired) electrons. The highest BCUT2D eigenvalue weighted by molar-refractivity contribution is 7.89. The molecule has 0 saturated carbocycles. The molecule has 0 heterocycles. The van der Waals surface area contributed by atoms with Crippen LogP contribution in [0.2, 0.25) is 10.0 Å². The summed E-state index contributed by atoms with van der Waals surface area (Å²) in [5.41, 5.74) is 0.378. The summed E-state index contributed by atoms with van der Waals surface area (Å²) in [4.78, 5) is 12.0. The van der Waals surface area contributed by atoms with Gasteiger partial charge in [0.05, 0.1) is 22.7 Å². The molecule has 0 unspecified atom stereocenters. The van der Waals surface area contributed by atoms with Gasteiger partial charge >= 0.3 is 0 Å². The number of methoxy groups -OCH3 is 1. The Balaban J connectivity index is 2.37. The molecular weight excluding hydrogens is 363 g/mol. The molecule has 3 N–H and O–H groups in total. The van der Waals surface area contributed by atoms with Crippen molar-refractivity contribution in [3.63, 3.8) is 0 Å². The van der Waals surface area contributed by atoms with Gasteiger partial charge in [0, 0.05) is 5.69 Å². The summed E-state index contributed by atoms with van der Waals surface area (Å²) in [5.74, 6) is -0.464. The lowest BCUT2D eigenvalue weighted by Gasteiger charge is -2.11. The van der Waals surface area contributed by atoms with Gasteiger partial charge in [0.15, 0.2) is 0 Å². The Bertz CT molecular complexity index is 869. The summed E-state index contributed by atoms with van der Waals surface area (Å²) in [6.45, 7) is 0. The number of carbonyl (C=O) groups excluding carboxylic acids is 1. The van der Waals surface area contributed by atoms with Gasteiger partial charge in [-0.25, -0.2) is 13.6 Å². The van der Waals surface area contributed by atoms with E-state index in [2.05, 4.69) is 5.32 Å². The van der Waals surface area contributed by atoms with E-state index < -0.39 is 15.9 Å². The van der Waals surface area contributed by atoms with E-state index >= 15 is 0 Å². The summed E-state index contributed by atoms with van der Waals surface area (Å²) in [6, 6.07) is 8.68. The van der Waals surface area contributed by atoms with E-state index in [0.717, 1.165) is 0 Å². The van der Waals surface area contributed by atoms with Crippen molar-refractivity contribution in [1.82, 2.24) is 0 Å². The van der Waals surface area contributed by atoms with Crippen LogP contribution in [0.5, 0.6) is 5.75 Å². The molecule has 0 bridgehead atoms. The molecule has 6 nitrogen and oxygen atoms in total. The van der Waals surface area contributed by atoms with Crippen molar-refractivity contribution in [1.29, 1.82) is 0 Å². The molecule has 0 aliphatic rings. The van der Waals surface area contributed by atoms with E-state index in [4.69, 9.17) is 33.1 Å². The lowest BCUT2D eigenvalue weighted by Crippen LogP contribution is -2.16. The third kappa shape index (κ3) is 3.94. The Morgan fingerprint density at radius 2 is 1.91 bits per heavy atom. The van der Waals surface area contributed by atoms with Gasteiger partial charge < -0.3 is 10.1 Å². The fraction of sp³-hybridized carbons (Fsp3) is 0.0714. The highest BCUT2D eigenvalue weighted by Crippen LogP contribution is 2.28. The highest BCUT2D eigenvalue weighted by Gasteiger charge is 2.18. The maximum atomic E-state index is 12.2. The molecule has 2 aromatic carbocycles. The topological polar surface area (TPSA) is 98.5 Å².